The van der Waals surface area contributed by atoms with Crippen LogP contribution in [0.1, 0.15) is 36.0 Å². The Morgan fingerprint density at radius 2 is 1.68 bits per heavy atom. The van der Waals surface area contributed by atoms with Gasteiger partial charge in [0.15, 0.2) is 11.5 Å². The predicted molar refractivity (Wildman–Crippen MR) is 137 cm³/mol. The lowest BCUT2D eigenvalue weighted by molar-refractivity contribution is -0.115. The van der Waals surface area contributed by atoms with Crippen molar-refractivity contribution in [2.45, 2.75) is 25.8 Å². The normalized spacial score (nSPS) is 15.3. The number of anilines is 1. The van der Waals surface area contributed by atoms with Crippen molar-refractivity contribution < 1.29 is 14.3 Å². The van der Waals surface area contributed by atoms with E-state index in [1.54, 1.807) is 20.3 Å². The molecule has 1 amide bonds. The van der Waals surface area contributed by atoms with E-state index >= 15 is 0 Å². The molecule has 1 unspecified atom stereocenters. The van der Waals surface area contributed by atoms with Gasteiger partial charge in [-0.3, -0.25) is 9.79 Å². The monoisotopic (exact) mass is 457 g/mol. The second kappa shape index (κ2) is 10.5. The van der Waals surface area contributed by atoms with Gasteiger partial charge < -0.3 is 19.7 Å². The van der Waals surface area contributed by atoms with Crippen molar-refractivity contribution >= 4 is 23.0 Å². The fraction of sp³-hybridized carbons (Fsp3) is 0.286. The number of amides is 1. The first-order valence-electron chi connectivity index (χ1n) is 11.5. The van der Waals surface area contributed by atoms with E-state index in [0.717, 1.165) is 36.3 Å². The molecule has 0 fully saturated rings. The number of methoxy groups -OCH3 is 2. The first kappa shape index (κ1) is 23.5. The Labute approximate surface area is 201 Å². The molecule has 6 heteroatoms. The third-order valence-electron chi connectivity index (χ3n) is 5.97. The number of ether oxygens (including phenoxy) is 2. The summed E-state index contributed by atoms with van der Waals surface area (Å²) in [5, 5.41) is 2.99. The van der Waals surface area contributed by atoms with Crippen molar-refractivity contribution in [3.8, 4) is 11.5 Å². The highest BCUT2D eigenvalue weighted by atomic mass is 16.5. The SMILES string of the molecule is CCCN(C)Cc1ccc(N=C(c2ccccc2)C2C(=O)Nc3cc(OC)c(OC)cc32)cc1. The summed E-state index contributed by atoms with van der Waals surface area (Å²) in [5.41, 5.74) is 5.17. The number of benzene rings is 3. The Balaban J connectivity index is 1.74. The van der Waals surface area contributed by atoms with Crippen molar-refractivity contribution in [3.05, 3.63) is 83.4 Å². The summed E-state index contributed by atoms with van der Waals surface area (Å²) in [7, 11) is 5.30. The molecule has 0 radical (unpaired) electrons. The van der Waals surface area contributed by atoms with Crippen molar-refractivity contribution in [3.63, 3.8) is 0 Å². The number of hydrogen-bond donors (Lipinski definition) is 1. The summed E-state index contributed by atoms with van der Waals surface area (Å²) < 4.78 is 10.9. The molecule has 1 aliphatic rings. The van der Waals surface area contributed by atoms with Gasteiger partial charge in [0.2, 0.25) is 5.91 Å². The van der Waals surface area contributed by atoms with E-state index in [4.69, 9.17) is 14.5 Å². The summed E-state index contributed by atoms with van der Waals surface area (Å²) in [6.07, 6.45) is 1.13. The first-order valence-corrected chi connectivity index (χ1v) is 11.5. The molecule has 3 aromatic carbocycles. The van der Waals surface area contributed by atoms with E-state index in [-0.39, 0.29) is 5.91 Å². The van der Waals surface area contributed by atoms with Crippen molar-refractivity contribution in [2.24, 2.45) is 4.99 Å². The van der Waals surface area contributed by atoms with Gasteiger partial charge in [-0.1, -0.05) is 49.4 Å². The van der Waals surface area contributed by atoms with E-state index in [1.165, 1.54) is 5.56 Å². The van der Waals surface area contributed by atoms with Gasteiger partial charge in [0.25, 0.3) is 0 Å². The standard InChI is InChI=1S/C28H31N3O3/c1-5-15-31(2)18-19-11-13-21(14-12-19)29-27(20-9-7-6-8-10-20)26-22-16-24(33-3)25(34-4)17-23(22)30-28(26)32/h6-14,16-17,26H,5,15,18H2,1-4H3,(H,30,32). The molecule has 0 bridgehead atoms. The second-order valence-electron chi connectivity index (χ2n) is 8.48. The number of fused-ring (bicyclic) bond motifs is 1. The van der Waals surface area contributed by atoms with Crippen molar-refractivity contribution in [2.75, 3.05) is 33.1 Å². The molecule has 0 spiro atoms. The highest BCUT2D eigenvalue weighted by molar-refractivity contribution is 6.24. The van der Waals surface area contributed by atoms with Crippen LogP contribution in [0.3, 0.4) is 0 Å². The Hall–Kier alpha value is -3.64. The minimum atomic E-state index is -0.562. The number of carbonyl (C=O) groups excluding carboxylic acids is 1. The quantitative estimate of drug-likeness (QED) is 0.437. The average Bonchev–Trinajstić information content (AvgIpc) is 3.17. The minimum absolute atomic E-state index is 0.120. The van der Waals surface area contributed by atoms with Crippen LogP contribution >= 0.6 is 0 Å². The Bertz CT molecular complexity index is 1170. The molecule has 1 aliphatic heterocycles. The molecule has 6 nitrogen and oxygen atoms in total. The van der Waals surface area contributed by atoms with Crippen molar-refractivity contribution in [1.82, 2.24) is 4.90 Å². The average molecular weight is 458 g/mol. The van der Waals surface area contributed by atoms with Crippen LogP contribution < -0.4 is 14.8 Å². The number of carbonyl (C=O) groups is 1. The van der Waals surface area contributed by atoms with Gasteiger partial charge in [-0.05, 0) is 54.9 Å². The number of aliphatic imine (C=N–C) groups is 1. The smallest absolute Gasteiger partial charge is 0.238 e. The molecule has 0 aromatic heterocycles. The highest BCUT2D eigenvalue weighted by Gasteiger charge is 2.36. The van der Waals surface area contributed by atoms with Gasteiger partial charge in [-0.15, -0.1) is 0 Å². The van der Waals surface area contributed by atoms with Crippen LogP contribution in [0.4, 0.5) is 11.4 Å². The predicted octanol–water partition coefficient (Wildman–Crippen LogP) is 5.40. The molecule has 0 aliphatic carbocycles. The zero-order chi connectivity index (χ0) is 24.1. The van der Waals surface area contributed by atoms with E-state index < -0.39 is 5.92 Å². The van der Waals surface area contributed by atoms with Gasteiger partial charge in [0, 0.05) is 18.3 Å². The largest absolute Gasteiger partial charge is 0.493 e. The fourth-order valence-corrected chi connectivity index (χ4v) is 4.35. The minimum Gasteiger partial charge on any atom is -0.493 e. The lowest BCUT2D eigenvalue weighted by Gasteiger charge is -2.16. The summed E-state index contributed by atoms with van der Waals surface area (Å²) in [6.45, 7) is 4.13. The topological polar surface area (TPSA) is 63.2 Å². The molecular formula is C28H31N3O3. The first-order chi connectivity index (χ1) is 16.5. The molecule has 1 heterocycles. The molecule has 1 atom stereocenters. The zero-order valence-electron chi connectivity index (χ0n) is 20.2. The van der Waals surface area contributed by atoms with Gasteiger partial charge >= 0.3 is 0 Å². The lowest BCUT2D eigenvalue weighted by atomic mass is 9.90. The summed E-state index contributed by atoms with van der Waals surface area (Å²) >= 11 is 0. The van der Waals surface area contributed by atoms with Crippen LogP contribution in [0, 0.1) is 0 Å². The highest BCUT2D eigenvalue weighted by Crippen LogP contribution is 2.42. The summed E-state index contributed by atoms with van der Waals surface area (Å²) in [4.78, 5) is 20.5. The molecule has 3 aromatic rings. The molecule has 1 N–H and O–H groups in total. The number of rotatable bonds is 9. The van der Waals surface area contributed by atoms with Crippen LogP contribution in [0.2, 0.25) is 0 Å². The van der Waals surface area contributed by atoms with E-state index in [9.17, 15) is 4.79 Å². The van der Waals surface area contributed by atoms with Gasteiger partial charge in [0.1, 0.15) is 5.92 Å². The fourth-order valence-electron chi connectivity index (χ4n) is 4.35. The van der Waals surface area contributed by atoms with Gasteiger partial charge in [-0.2, -0.15) is 0 Å². The lowest BCUT2D eigenvalue weighted by Crippen LogP contribution is -2.22. The van der Waals surface area contributed by atoms with E-state index in [0.29, 0.717) is 22.9 Å². The molecule has 0 saturated carbocycles. The maximum absolute atomic E-state index is 13.2. The summed E-state index contributed by atoms with van der Waals surface area (Å²) in [5.74, 6) is 0.470. The van der Waals surface area contributed by atoms with Gasteiger partial charge in [-0.25, -0.2) is 0 Å². The second-order valence-corrected chi connectivity index (χ2v) is 8.48. The van der Waals surface area contributed by atoms with Crippen molar-refractivity contribution in [1.29, 1.82) is 0 Å². The van der Waals surface area contributed by atoms with E-state index in [2.05, 4.69) is 36.3 Å². The van der Waals surface area contributed by atoms with Crippen LogP contribution in [-0.2, 0) is 11.3 Å². The maximum Gasteiger partial charge on any atom is 0.238 e. The molecular weight excluding hydrogens is 426 g/mol. The molecule has 4 rings (SSSR count). The zero-order valence-corrected chi connectivity index (χ0v) is 20.2. The van der Waals surface area contributed by atoms with E-state index in [1.807, 2.05) is 48.5 Å². The third-order valence-corrected chi connectivity index (χ3v) is 5.97. The molecule has 0 saturated heterocycles. The Kier molecular flexibility index (Phi) is 7.28. The Morgan fingerprint density at radius 3 is 2.32 bits per heavy atom. The number of hydrogen-bond acceptors (Lipinski definition) is 5. The van der Waals surface area contributed by atoms with Crippen LogP contribution in [0.5, 0.6) is 11.5 Å². The number of nitrogens with zero attached hydrogens (tertiary/aromatic N) is 2. The Morgan fingerprint density at radius 1 is 1.00 bits per heavy atom. The van der Waals surface area contributed by atoms with Crippen LogP contribution in [0.15, 0.2) is 71.7 Å². The molecule has 34 heavy (non-hydrogen) atoms. The van der Waals surface area contributed by atoms with Crippen LogP contribution in [0.25, 0.3) is 0 Å². The molecule has 176 valence electrons. The third kappa shape index (κ3) is 4.97. The summed E-state index contributed by atoms with van der Waals surface area (Å²) in [6, 6.07) is 21.7. The van der Waals surface area contributed by atoms with Crippen LogP contribution in [-0.4, -0.2) is 44.3 Å². The maximum atomic E-state index is 13.2. The number of nitrogens with one attached hydrogen (secondary N) is 1. The van der Waals surface area contributed by atoms with Gasteiger partial charge in [0.05, 0.1) is 25.6 Å².